The second kappa shape index (κ2) is 12.8. The average molecular weight is 700 g/mol. The van der Waals surface area contributed by atoms with Crippen molar-refractivity contribution in [1.82, 2.24) is 14.5 Å². The molecule has 4 heteroatoms. The number of fused-ring (bicyclic) bond motifs is 8. The van der Waals surface area contributed by atoms with Gasteiger partial charge in [-0.2, -0.15) is 0 Å². The molecule has 0 spiro atoms. The number of ether oxygens (including phenoxy) is 1. The molecule has 1 aliphatic heterocycles. The lowest BCUT2D eigenvalue weighted by Gasteiger charge is -2.22. The van der Waals surface area contributed by atoms with Crippen molar-refractivity contribution in [3.63, 3.8) is 0 Å². The molecular formula is C50H41N3O. The normalized spacial score (nSPS) is 22.0. The van der Waals surface area contributed by atoms with Crippen LogP contribution in [0, 0.1) is 0 Å². The second-order valence-corrected chi connectivity index (χ2v) is 15.3. The molecule has 3 unspecified atom stereocenters. The van der Waals surface area contributed by atoms with Crippen LogP contribution in [0.1, 0.15) is 91.0 Å². The van der Waals surface area contributed by atoms with Gasteiger partial charge in [-0.3, -0.25) is 0 Å². The Bertz CT molecular complexity index is 2730. The molecule has 262 valence electrons. The van der Waals surface area contributed by atoms with Crippen molar-refractivity contribution in [2.45, 2.75) is 62.9 Å². The lowest BCUT2D eigenvalue weighted by atomic mass is 9.84. The van der Waals surface area contributed by atoms with Crippen molar-refractivity contribution < 1.29 is 4.74 Å². The minimum atomic E-state index is -0.0292. The standard InChI is InChI=1S/C50H41N3O/c1-3-11-32(12-4-1)33-19-23-35(24-20-33)48-41-16-7-9-17-43(41)51-50(52-48)36-25-21-34(22-26-36)37-27-29-44-42(31-37)47-45(53(44)38-13-5-2-6-14-38)30-28-40-39-15-8-10-18-46(39)54-49(40)47/h1,3,5,7-11,13-19,21-23,25-26,28-31,37,40,49H,2,4,6,12,20,24,27H2. The summed E-state index contributed by atoms with van der Waals surface area (Å²) in [5.41, 5.74) is 13.7. The molecule has 0 saturated heterocycles. The summed E-state index contributed by atoms with van der Waals surface area (Å²) in [6.45, 7) is 0. The number of aromatic nitrogens is 3. The van der Waals surface area contributed by atoms with Gasteiger partial charge < -0.3 is 9.30 Å². The molecule has 3 aromatic carbocycles. The topological polar surface area (TPSA) is 39.9 Å². The van der Waals surface area contributed by atoms with Crippen molar-refractivity contribution in [1.29, 1.82) is 0 Å². The molecule has 0 N–H and O–H groups in total. The van der Waals surface area contributed by atoms with Crippen molar-refractivity contribution >= 4 is 40.4 Å². The van der Waals surface area contributed by atoms with Crippen molar-refractivity contribution in [3.05, 3.63) is 177 Å². The molecular weight excluding hydrogens is 659 g/mol. The zero-order valence-electron chi connectivity index (χ0n) is 30.3. The first-order valence-corrected chi connectivity index (χ1v) is 19.7. The van der Waals surface area contributed by atoms with Crippen LogP contribution >= 0.6 is 0 Å². The van der Waals surface area contributed by atoms with Gasteiger partial charge >= 0.3 is 0 Å². The third-order valence-electron chi connectivity index (χ3n) is 12.2. The molecule has 0 radical (unpaired) electrons. The van der Waals surface area contributed by atoms with E-state index in [2.05, 4.69) is 150 Å². The third-order valence-corrected chi connectivity index (χ3v) is 12.2. The summed E-state index contributed by atoms with van der Waals surface area (Å²) in [6.07, 6.45) is 35.4. The largest absolute Gasteiger partial charge is 0.484 e. The van der Waals surface area contributed by atoms with Gasteiger partial charge in [0.25, 0.3) is 0 Å². The molecule has 2 aromatic heterocycles. The average Bonchev–Trinajstić information content (AvgIpc) is 3.79. The van der Waals surface area contributed by atoms with E-state index in [1.807, 2.05) is 0 Å². The highest BCUT2D eigenvalue weighted by molar-refractivity contribution is 5.92. The van der Waals surface area contributed by atoms with Gasteiger partial charge in [0.05, 0.1) is 16.9 Å². The number of benzene rings is 3. The Labute approximate surface area is 316 Å². The SMILES string of the molecule is C1=CCCC(C2=CC=C(c3nc(-c4ccc(C5C=c6c7c(n(C8=CCCC=C8)c6=CC5)C=CC5c6ccccc6OC75)cc4)nc4ccccc34)CC2)=C1. The fourth-order valence-corrected chi connectivity index (χ4v) is 9.45. The van der Waals surface area contributed by atoms with Gasteiger partial charge in [-0.05, 0) is 91.5 Å². The maximum atomic E-state index is 6.76. The predicted molar refractivity (Wildman–Crippen MR) is 221 cm³/mol. The molecule has 3 atom stereocenters. The molecule has 6 aliphatic rings. The van der Waals surface area contributed by atoms with Gasteiger partial charge in [-0.15, -0.1) is 0 Å². The fourth-order valence-electron chi connectivity index (χ4n) is 9.45. The summed E-state index contributed by atoms with van der Waals surface area (Å²) >= 11 is 0. The molecule has 54 heavy (non-hydrogen) atoms. The first kappa shape index (κ1) is 31.5. The molecule has 3 heterocycles. The number of hydrogen-bond donors (Lipinski definition) is 0. The van der Waals surface area contributed by atoms with Crippen LogP contribution in [0.5, 0.6) is 5.75 Å². The monoisotopic (exact) mass is 699 g/mol. The molecule has 0 amide bonds. The molecule has 4 nitrogen and oxygen atoms in total. The second-order valence-electron chi connectivity index (χ2n) is 15.3. The first-order chi connectivity index (χ1) is 26.8. The van der Waals surface area contributed by atoms with Crippen molar-refractivity contribution in [3.8, 4) is 17.1 Å². The van der Waals surface area contributed by atoms with E-state index in [4.69, 9.17) is 14.7 Å². The van der Waals surface area contributed by atoms with Crippen LogP contribution in [-0.2, 0) is 0 Å². The smallest absolute Gasteiger partial charge is 0.160 e. The molecule has 0 saturated carbocycles. The first-order valence-electron chi connectivity index (χ1n) is 19.7. The van der Waals surface area contributed by atoms with Crippen molar-refractivity contribution in [2.24, 2.45) is 0 Å². The van der Waals surface area contributed by atoms with Gasteiger partial charge in [0.15, 0.2) is 5.82 Å². The Kier molecular flexibility index (Phi) is 7.50. The number of hydrogen-bond acceptors (Lipinski definition) is 3. The lowest BCUT2D eigenvalue weighted by Crippen LogP contribution is -2.34. The number of rotatable bonds is 5. The number of para-hydroxylation sites is 2. The minimum Gasteiger partial charge on any atom is -0.484 e. The van der Waals surface area contributed by atoms with Gasteiger partial charge in [0.1, 0.15) is 11.9 Å². The highest BCUT2D eigenvalue weighted by atomic mass is 16.5. The molecule has 5 aromatic rings. The third kappa shape index (κ3) is 5.19. The summed E-state index contributed by atoms with van der Waals surface area (Å²) in [6, 6.07) is 26.0. The van der Waals surface area contributed by atoms with E-state index in [1.54, 1.807) is 0 Å². The summed E-state index contributed by atoms with van der Waals surface area (Å²) < 4.78 is 9.24. The molecule has 5 aliphatic carbocycles. The van der Waals surface area contributed by atoms with Crippen LogP contribution in [0.4, 0.5) is 0 Å². The van der Waals surface area contributed by atoms with Crippen molar-refractivity contribution in [2.75, 3.05) is 0 Å². The maximum Gasteiger partial charge on any atom is 0.160 e. The number of nitrogens with zero attached hydrogens (tertiary/aromatic N) is 3. The van der Waals surface area contributed by atoms with Crippen LogP contribution in [0.25, 0.3) is 51.8 Å². The zero-order chi connectivity index (χ0) is 35.6. The molecule has 0 fully saturated rings. The van der Waals surface area contributed by atoms with E-state index in [0.717, 1.165) is 78.7 Å². The Morgan fingerprint density at radius 1 is 0.722 bits per heavy atom. The highest BCUT2D eigenvalue weighted by Gasteiger charge is 2.40. The molecule has 11 rings (SSSR count). The summed E-state index contributed by atoms with van der Waals surface area (Å²) in [5.74, 6) is 2.26. The van der Waals surface area contributed by atoms with E-state index in [-0.39, 0.29) is 17.9 Å². The van der Waals surface area contributed by atoms with Crippen LogP contribution in [-0.4, -0.2) is 14.5 Å². The fraction of sp³-hybridized carbons (Fsp3) is 0.200. The van der Waals surface area contributed by atoms with E-state index >= 15 is 0 Å². The Morgan fingerprint density at radius 2 is 1.57 bits per heavy atom. The van der Waals surface area contributed by atoms with Gasteiger partial charge in [-0.1, -0.05) is 121 Å². The Morgan fingerprint density at radius 3 is 2.43 bits per heavy atom. The van der Waals surface area contributed by atoms with Crippen LogP contribution in [0.3, 0.4) is 0 Å². The predicted octanol–water partition coefficient (Wildman–Crippen LogP) is 10.7. The van der Waals surface area contributed by atoms with E-state index < -0.39 is 0 Å². The van der Waals surface area contributed by atoms with E-state index in [0.29, 0.717) is 0 Å². The highest BCUT2D eigenvalue weighted by Crippen LogP contribution is 2.49. The van der Waals surface area contributed by atoms with Crippen LogP contribution < -0.4 is 15.3 Å². The van der Waals surface area contributed by atoms with Gasteiger partial charge in [-0.25, -0.2) is 9.97 Å². The van der Waals surface area contributed by atoms with Gasteiger partial charge in [0.2, 0.25) is 0 Å². The quantitative estimate of drug-likeness (QED) is 0.183. The Balaban J connectivity index is 0.957. The maximum absolute atomic E-state index is 6.76. The Hall–Kier alpha value is -6.00. The molecule has 0 bridgehead atoms. The van der Waals surface area contributed by atoms with Crippen LogP contribution in [0.15, 0.2) is 139 Å². The van der Waals surface area contributed by atoms with E-state index in [1.165, 1.54) is 55.4 Å². The van der Waals surface area contributed by atoms with E-state index in [9.17, 15) is 0 Å². The number of allylic oxidation sites excluding steroid dienone is 12. The minimum absolute atomic E-state index is 0.0292. The summed E-state index contributed by atoms with van der Waals surface area (Å²) in [5, 5.41) is 3.72. The summed E-state index contributed by atoms with van der Waals surface area (Å²) in [4.78, 5) is 10.4. The van der Waals surface area contributed by atoms with Gasteiger partial charge in [0, 0.05) is 50.2 Å². The lowest BCUT2D eigenvalue weighted by molar-refractivity contribution is 0.222. The summed E-state index contributed by atoms with van der Waals surface area (Å²) in [7, 11) is 0. The van der Waals surface area contributed by atoms with Crippen LogP contribution in [0.2, 0.25) is 0 Å². The zero-order valence-corrected chi connectivity index (χ0v) is 30.3.